The van der Waals surface area contributed by atoms with Gasteiger partial charge in [0.15, 0.2) is 0 Å². The molecule has 0 heterocycles. The molecule has 0 aliphatic carbocycles. The summed E-state index contributed by atoms with van der Waals surface area (Å²) in [6.45, 7) is 0.386. The number of likely N-dealkylation sites (N-methyl/N-ethyl adjacent to an activating group) is 1. The molecular weight excluding hydrogens is 218 g/mol. The number of aliphatic hydroxyl groups excluding tert-OH is 5. The number of carbonyl (C=O) groups excluding carboxylic acids is 1. The molecule has 0 saturated heterocycles. The van der Waals surface area contributed by atoms with E-state index in [1.165, 1.54) is 14.0 Å². The maximum absolute atomic E-state index is 10.8. The Morgan fingerprint density at radius 2 is 1.56 bits per heavy atom. The smallest absolute Gasteiger partial charge is 0.219 e. The van der Waals surface area contributed by atoms with E-state index in [4.69, 9.17) is 10.2 Å². The first-order chi connectivity index (χ1) is 7.31. The fraction of sp³-hybridized carbons (Fsp3) is 0.889. The van der Waals surface area contributed by atoms with Gasteiger partial charge in [0.2, 0.25) is 5.91 Å². The van der Waals surface area contributed by atoms with Crippen molar-refractivity contribution in [2.24, 2.45) is 0 Å². The van der Waals surface area contributed by atoms with E-state index in [-0.39, 0.29) is 12.5 Å². The van der Waals surface area contributed by atoms with Crippen LogP contribution in [0, 0.1) is 0 Å². The molecule has 1 amide bonds. The van der Waals surface area contributed by atoms with Gasteiger partial charge in [-0.1, -0.05) is 0 Å². The van der Waals surface area contributed by atoms with Crippen molar-refractivity contribution in [1.29, 1.82) is 0 Å². The predicted molar refractivity (Wildman–Crippen MR) is 54.4 cm³/mol. The lowest BCUT2D eigenvalue weighted by atomic mass is 10.0. The molecule has 0 aromatic rings. The molecule has 0 aliphatic heterocycles. The standard InChI is InChI=1S/C9H19NO6/c1-5(12)10(2)3-6(13)8(15)9(16)7(14)4-11/h6-9,11,13-16H,3-4H2,1-2H3/t6-,7+,8-,9+/m0/s1. The Labute approximate surface area is 93.6 Å². The number of rotatable bonds is 6. The van der Waals surface area contributed by atoms with Gasteiger partial charge in [-0.25, -0.2) is 0 Å². The summed E-state index contributed by atoms with van der Waals surface area (Å²) in [6, 6.07) is 0. The van der Waals surface area contributed by atoms with Gasteiger partial charge in [0.1, 0.15) is 24.4 Å². The molecule has 5 N–H and O–H groups in total. The van der Waals surface area contributed by atoms with Gasteiger partial charge in [-0.3, -0.25) is 4.79 Å². The SMILES string of the molecule is CC(=O)N(C)C[C@H](O)[C@H](O)[C@H](O)[C@H](O)CO. The normalized spacial score (nSPS) is 18.7. The maximum atomic E-state index is 10.8. The van der Waals surface area contributed by atoms with E-state index < -0.39 is 31.0 Å². The summed E-state index contributed by atoms with van der Waals surface area (Å²) in [6.07, 6.45) is -6.23. The van der Waals surface area contributed by atoms with Crippen LogP contribution in [0.2, 0.25) is 0 Å². The molecule has 0 rings (SSSR count). The molecule has 0 radical (unpaired) electrons. The molecule has 4 atom stereocenters. The molecule has 16 heavy (non-hydrogen) atoms. The van der Waals surface area contributed by atoms with Crippen molar-refractivity contribution >= 4 is 5.91 Å². The van der Waals surface area contributed by atoms with Gasteiger partial charge in [0.05, 0.1) is 6.61 Å². The first-order valence-corrected chi connectivity index (χ1v) is 4.86. The van der Waals surface area contributed by atoms with Crippen molar-refractivity contribution < 1.29 is 30.3 Å². The van der Waals surface area contributed by atoms with Crippen molar-refractivity contribution in [3.63, 3.8) is 0 Å². The molecule has 0 spiro atoms. The zero-order valence-electron chi connectivity index (χ0n) is 9.32. The lowest BCUT2D eigenvalue weighted by Crippen LogP contribution is -2.49. The fourth-order valence-electron chi connectivity index (χ4n) is 1.08. The molecule has 0 unspecified atom stereocenters. The van der Waals surface area contributed by atoms with Gasteiger partial charge >= 0.3 is 0 Å². The lowest BCUT2D eigenvalue weighted by molar-refractivity contribution is -0.136. The second-order valence-electron chi connectivity index (χ2n) is 3.70. The van der Waals surface area contributed by atoms with Crippen LogP contribution in [0.1, 0.15) is 6.92 Å². The number of aliphatic hydroxyl groups is 5. The highest BCUT2D eigenvalue weighted by Gasteiger charge is 2.30. The van der Waals surface area contributed by atoms with Crippen LogP contribution in [0.3, 0.4) is 0 Å². The topological polar surface area (TPSA) is 121 Å². The Hall–Kier alpha value is -0.730. The zero-order chi connectivity index (χ0) is 12.9. The molecule has 0 aliphatic rings. The van der Waals surface area contributed by atoms with E-state index in [2.05, 4.69) is 0 Å². The van der Waals surface area contributed by atoms with Gasteiger partial charge in [-0.05, 0) is 0 Å². The second-order valence-corrected chi connectivity index (χ2v) is 3.70. The van der Waals surface area contributed by atoms with Gasteiger partial charge in [-0.2, -0.15) is 0 Å². The van der Waals surface area contributed by atoms with Crippen molar-refractivity contribution in [3.8, 4) is 0 Å². The summed E-state index contributed by atoms with van der Waals surface area (Å²) >= 11 is 0. The van der Waals surface area contributed by atoms with Crippen molar-refractivity contribution in [3.05, 3.63) is 0 Å². The zero-order valence-corrected chi connectivity index (χ0v) is 9.32. The van der Waals surface area contributed by atoms with Gasteiger partial charge in [0.25, 0.3) is 0 Å². The summed E-state index contributed by atoms with van der Waals surface area (Å²) in [5, 5.41) is 45.7. The molecule has 0 fully saturated rings. The van der Waals surface area contributed by atoms with Crippen LogP contribution < -0.4 is 0 Å². The van der Waals surface area contributed by atoms with Gasteiger partial charge in [0, 0.05) is 20.5 Å². The van der Waals surface area contributed by atoms with Crippen LogP contribution >= 0.6 is 0 Å². The minimum absolute atomic E-state index is 0.175. The van der Waals surface area contributed by atoms with Crippen LogP contribution in [-0.4, -0.2) is 81.0 Å². The van der Waals surface area contributed by atoms with Crippen LogP contribution in [0.5, 0.6) is 0 Å². The maximum Gasteiger partial charge on any atom is 0.219 e. The van der Waals surface area contributed by atoms with Gasteiger partial charge < -0.3 is 30.4 Å². The number of nitrogens with zero attached hydrogens (tertiary/aromatic N) is 1. The highest BCUT2D eigenvalue weighted by molar-refractivity contribution is 5.72. The van der Waals surface area contributed by atoms with Crippen LogP contribution in [0.15, 0.2) is 0 Å². The Balaban J connectivity index is 4.27. The molecular formula is C9H19NO6. The number of hydrogen-bond acceptors (Lipinski definition) is 6. The third kappa shape index (κ3) is 4.42. The Kier molecular flexibility index (Phi) is 6.46. The quantitative estimate of drug-likeness (QED) is 0.333. The van der Waals surface area contributed by atoms with E-state index >= 15 is 0 Å². The van der Waals surface area contributed by atoms with E-state index in [1.807, 2.05) is 0 Å². The number of carbonyl (C=O) groups is 1. The molecule has 7 heteroatoms. The summed E-state index contributed by atoms with van der Waals surface area (Å²) in [5.41, 5.74) is 0. The fourth-order valence-corrected chi connectivity index (χ4v) is 1.08. The van der Waals surface area contributed by atoms with Gasteiger partial charge in [-0.15, -0.1) is 0 Å². The molecule has 96 valence electrons. The molecule has 0 aromatic carbocycles. The Morgan fingerprint density at radius 3 is 1.94 bits per heavy atom. The van der Waals surface area contributed by atoms with E-state index in [9.17, 15) is 20.1 Å². The lowest BCUT2D eigenvalue weighted by Gasteiger charge is -2.28. The third-order valence-electron chi connectivity index (χ3n) is 2.32. The molecule has 0 bridgehead atoms. The number of amides is 1. The summed E-state index contributed by atoms with van der Waals surface area (Å²) in [5.74, 6) is -0.302. The third-order valence-corrected chi connectivity index (χ3v) is 2.32. The minimum atomic E-state index is -1.67. The van der Waals surface area contributed by atoms with Crippen molar-refractivity contribution in [2.45, 2.75) is 31.3 Å². The summed E-state index contributed by atoms with van der Waals surface area (Å²) in [7, 11) is 1.42. The first kappa shape index (κ1) is 15.3. The Bertz CT molecular complexity index is 224. The average Bonchev–Trinajstić information content (AvgIpc) is 2.25. The largest absolute Gasteiger partial charge is 0.394 e. The van der Waals surface area contributed by atoms with Crippen LogP contribution in [-0.2, 0) is 4.79 Å². The van der Waals surface area contributed by atoms with E-state index in [1.54, 1.807) is 0 Å². The molecule has 0 aromatic heterocycles. The van der Waals surface area contributed by atoms with Crippen LogP contribution in [0.4, 0.5) is 0 Å². The first-order valence-electron chi connectivity index (χ1n) is 4.86. The van der Waals surface area contributed by atoms with Crippen molar-refractivity contribution in [2.75, 3.05) is 20.2 Å². The highest BCUT2D eigenvalue weighted by atomic mass is 16.4. The van der Waals surface area contributed by atoms with Crippen molar-refractivity contribution in [1.82, 2.24) is 4.90 Å². The summed E-state index contributed by atoms with van der Waals surface area (Å²) < 4.78 is 0. The number of hydrogen-bond donors (Lipinski definition) is 5. The highest BCUT2D eigenvalue weighted by Crippen LogP contribution is 2.06. The van der Waals surface area contributed by atoms with E-state index in [0.717, 1.165) is 4.90 Å². The molecule has 7 nitrogen and oxygen atoms in total. The Morgan fingerprint density at radius 1 is 1.12 bits per heavy atom. The minimum Gasteiger partial charge on any atom is -0.394 e. The monoisotopic (exact) mass is 237 g/mol. The van der Waals surface area contributed by atoms with E-state index in [0.29, 0.717) is 0 Å². The van der Waals surface area contributed by atoms with Crippen LogP contribution in [0.25, 0.3) is 0 Å². The second kappa shape index (κ2) is 6.77. The molecule has 0 saturated carbocycles. The average molecular weight is 237 g/mol. The summed E-state index contributed by atoms with van der Waals surface area (Å²) in [4.78, 5) is 12.0. The predicted octanol–water partition coefficient (Wildman–Crippen LogP) is -3.10.